The van der Waals surface area contributed by atoms with E-state index in [0.29, 0.717) is 21.3 Å². The minimum atomic E-state index is -0.161. The number of halogens is 2. The van der Waals surface area contributed by atoms with Gasteiger partial charge in [-0.3, -0.25) is 4.79 Å². The summed E-state index contributed by atoms with van der Waals surface area (Å²) in [4.78, 5) is 18.8. The molecular weight excluding hydrogens is 315 g/mol. The van der Waals surface area contributed by atoms with Crippen LogP contribution in [-0.2, 0) is 0 Å². The smallest absolute Gasteiger partial charge is 0.257 e. The van der Waals surface area contributed by atoms with Gasteiger partial charge < -0.3 is 4.98 Å². The maximum absolute atomic E-state index is 11.7. The average Bonchev–Trinajstić information content (AvgIpc) is 2.88. The van der Waals surface area contributed by atoms with Gasteiger partial charge in [0.2, 0.25) is 0 Å². The van der Waals surface area contributed by atoms with Crippen LogP contribution in [0, 0.1) is 0 Å². The summed E-state index contributed by atoms with van der Waals surface area (Å²) in [6.45, 7) is 0. The molecule has 2 aromatic heterocycles. The molecule has 20 heavy (non-hydrogen) atoms. The number of aromatic nitrogens is 2. The van der Waals surface area contributed by atoms with Gasteiger partial charge in [0.05, 0.1) is 16.3 Å². The first-order valence-electron chi connectivity index (χ1n) is 5.74. The Morgan fingerprint density at radius 1 is 1.15 bits per heavy atom. The van der Waals surface area contributed by atoms with E-state index in [1.165, 1.54) is 11.3 Å². The van der Waals surface area contributed by atoms with Crippen LogP contribution in [0.25, 0.3) is 21.8 Å². The van der Waals surface area contributed by atoms with E-state index >= 15 is 0 Å². The van der Waals surface area contributed by atoms with Crippen molar-refractivity contribution < 1.29 is 0 Å². The van der Waals surface area contributed by atoms with Crippen molar-refractivity contribution in [3.8, 4) is 21.8 Å². The van der Waals surface area contributed by atoms with E-state index in [9.17, 15) is 4.79 Å². The number of H-pyrrole nitrogens is 1. The fourth-order valence-corrected chi connectivity index (χ4v) is 3.22. The molecule has 3 nitrogen and oxygen atoms in total. The highest BCUT2D eigenvalue weighted by molar-refractivity contribution is 7.13. The van der Waals surface area contributed by atoms with Crippen LogP contribution < -0.4 is 5.56 Å². The fourth-order valence-electron chi connectivity index (χ4n) is 1.81. The van der Waals surface area contributed by atoms with Gasteiger partial charge in [-0.15, -0.1) is 11.3 Å². The summed E-state index contributed by atoms with van der Waals surface area (Å²) in [5.41, 5.74) is 1.82. The SMILES string of the molecule is O=c1[nH]cccc1-c1csc(-c2ccc(Cl)cc2Cl)n1. The number of benzene rings is 1. The molecule has 0 spiro atoms. The molecule has 6 heteroatoms. The van der Waals surface area contributed by atoms with Crippen molar-refractivity contribution in [2.24, 2.45) is 0 Å². The molecule has 1 N–H and O–H groups in total. The number of thiazole rings is 1. The van der Waals surface area contributed by atoms with Crippen molar-refractivity contribution >= 4 is 34.5 Å². The molecule has 0 atom stereocenters. The van der Waals surface area contributed by atoms with Crippen molar-refractivity contribution in [3.63, 3.8) is 0 Å². The summed E-state index contributed by atoms with van der Waals surface area (Å²) in [5.74, 6) is 0. The predicted molar refractivity (Wildman–Crippen MR) is 83.6 cm³/mol. The summed E-state index contributed by atoms with van der Waals surface area (Å²) in [6.07, 6.45) is 1.59. The second-order valence-electron chi connectivity index (χ2n) is 4.07. The minimum absolute atomic E-state index is 0.161. The fraction of sp³-hybridized carbons (Fsp3) is 0. The highest BCUT2D eigenvalue weighted by Crippen LogP contribution is 2.33. The zero-order chi connectivity index (χ0) is 14.1. The lowest BCUT2D eigenvalue weighted by Crippen LogP contribution is -2.06. The van der Waals surface area contributed by atoms with Gasteiger partial charge >= 0.3 is 0 Å². The maximum atomic E-state index is 11.7. The Bertz CT molecular complexity index is 826. The van der Waals surface area contributed by atoms with Crippen LogP contribution >= 0.6 is 34.5 Å². The molecule has 0 aliphatic carbocycles. The van der Waals surface area contributed by atoms with E-state index in [-0.39, 0.29) is 5.56 Å². The first-order chi connectivity index (χ1) is 9.65. The Balaban J connectivity index is 2.07. The van der Waals surface area contributed by atoms with Crippen LogP contribution in [0.4, 0.5) is 0 Å². The lowest BCUT2D eigenvalue weighted by atomic mass is 10.2. The summed E-state index contributed by atoms with van der Waals surface area (Å²) in [5, 5.41) is 3.71. The standard InChI is InChI=1S/C14H8Cl2N2OS/c15-8-3-4-9(11(16)6-8)14-18-12(7-20-14)10-2-1-5-17-13(10)19/h1-7H,(H,17,19). The molecule has 0 bridgehead atoms. The number of pyridine rings is 1. The molecule has 3 rings (SSSR count). The molecule has 0 amide bonds. The zero-order valence-electron chi connectivity index (χ0n) is 10.1. The molecule has 3 aromatic rings. The first-order valence-corrected chi connectivity index (χ1v) is 7.38. The van der Waals surface area contributed by atoms with Gasteiger partial charge in [0.15, 0.2) is 0 Å². The minimum Gasteiger partial charge on any atom is -0.329 e. The molecule has 0 unspecified atom stereocenters. The van der Waals surface area contributed by atoms with E-state index in [0.717, 1.165) is 10.6 Å². The number of nitrogens with zero attached hydrogens (tertiary/aromatic N) is 1. The van der Waals surface area contributed by atoms with Crippen LogP contribution in [-0.4, -0.2) is 9.97 Å². The molecule has 0 aliphatic rings. The molecule has 0 saturated heterocycles. The second-order valence-corrected chi connectivity index (χ2v) is 5.78. The summed E-state index contributed by atoms with van der Waals surface area (Å²) in [7, 11) is 0. The van der Waals surface area contributed by atoms with Crippen LogP contribution in [0.1, 0.15) is 0 Å². The van der Waals surface area contributed by atoms with Crippen LogP contribution in [0.15, 0.2) is 46.7 Å². The topological polar surface area (TPSA) is 45.8 Å². The highest BCUT2D eigenvalue weighted by atomic mass is 35.5. The number of hydrogen-bond acceptors (Lipinski definition) is 3. The number of hydrogen-bond donors (Lipinski definition) is 1. The van der Waals surface area contributed by atoms with E-state index in [1.54, 1.807) is 30.5 Å². The molecule has 1 aromatic carbocycles. The van der Waals surface area contributed by atoms with Crippen molar-refractivity contribution in [1.29, 1.82) is 0 Å². The van der Waals surface area contributed by atoms with E-state index < -0.39 is 0 Å². The van der Waals surface area contributed by atoms with E-state index in [4.69, 9.17) is 23.2 Å². The van der Waals surface area contributed by atoms with Crippen molar-refractivity contribution in [2.45, 2.75) is 0 Å². The third kappa shape index (κ3) is 2.50. The molecule has 100 valence electrons. The lowest BCUT2D eigenvalue weighted by molar-refractivity contribution is 1.23. The third-order valence-corrected chi connectivity index (χ3v) is 4.18. The largest absolute Gasteiger partial charge is 0.329 e. The second kappa shape index (κ2) is 5.40. The molecule has 0 radical (unpaired) electrons. The first kappa shape index (κ1) is 13.4. The van der Waals surface area contributed by atoms with Gasteiger partial charge in [-0.05, 0) is 30.3 Å². The van der Waals surface area contributed by atoms with Gasteiger partial charge in [-0.1, -0.05) is 23.2 Å². The molecule has 0 saturated carbocycles. The van der Waals surface area contributed by atoms with Crippen LogP contribution in [0.3, 0.4) is 0 Å². The quantitative estimate of drug-likeness (QED) is 0.756. The van der Waals surface area contributed by atoms with Gasteiger partial charge in [-0.2, -0.15) is 0 Å². The Morgan fingerprint density at radius 2 is 2.00 bits per heavy atom. The Hall–Kier alpha value is -1.62. The number of nitrogens with one attached hydrogen (secondary N) is 1. The van der Waals surface area contributed by atoms with Gasteiger partial charge in [0, 0.05) is 22.2 Å². The predicted octanol–water partition coefficient (Wildman–Crippen LogP) is 4.47. The summed E-state index contributed by atoms with van der Waals surface area (Å²) < 4.78 is 0. The number of aromatic amines is 1. The molecule has 0 aliphatic heterocycles. The maximum Gasteiger partial charge on any atom is 0.257 e. The summed E-state index contributed by atoms with van der Waals surface area (Å²) >= 11 is 13.5. The third-order valence-electron chi connectivity index (χ3n) is 2.76. The van der Waals surface area contributed by atoms with Gasteiger partial charge in [-0.25, -0.2) is 4.98 Å². The van der Waals surface area contributed by atoms with Crippen molar-refractivity contribution in [3.05, 3.63) is 62.3 Å². The average molecular weight is 323 g/mol. The number of rotatable bonds is 2. The van der Waals surface area contributed by atoms with Crippen LogP contribution in [0.2, 0.25) is 10.0 Å². The van der Waals surface area contributed by atoms with E-state index in [1.807, 2.05) is 11.4 Å². The normalized spacial score (nSPS) is 10.7. The molecule has 2 heterocycles. The lowest BCUT2D eigenvalue weighted by Gasteiger charge is -2.00. The van der Waals surface area contributed by atoms with E-state index in [2.05, 4.69) is 9.97 Å². The van der Waals surface area contributed by atoms with Crippen LogP contribution in [0.5, 0.6) is 0 Å². The van der Waals surface area contributed by atoms with Crippen molar-refractivity contribution in [1.82, 2.24) is 9.97 Å². The van der Waals surface area contributed by atoms with Gasteiger partial charge in [0.25, 0.3) is 5.56 Å². The zero-order valence-corrected chi connectivity index (χ0v) is 12.4. The highest BCUT2D eigenvalue weighted by Gasteiger charge is 2.11. The molecular formula is C14H8Cl2N2OS. The Labute approximate surface area is 128 Å². The Morgan fingerprint density at radius 3 is 2.75 bits per heavy atom. The Kier molecular flexibility index (Phi) is 3.61. The van der Waals surface area contributed by atoms with Crippen molar-refractivity contribution in [2.75, 3.05) is 0 Å². The summed E-state index contributed by atoms with van der Waals surface area (Å²) in [6, 6.07) is 8.77. The monoisotopic (exact) mass is 322 g/mol. The molecule has 0 fully saturated rings. The van der Waals surface area contributed by atoms with Gasteiger partial charge in [0.1, 0.15) is 5.01 Å².